The Morgan fingerprint density at radius 2 is 1.76 bits per heavy atom. The van der Waals surface area contributed by atoms with Crippen molar-refractivity contribution in [2.45, 2.75) is 13.0 Å². The van der Waals surface area contributed by atoms with Crippen LogP contribution in [0.15, 0.2) is 90.1 Å². The van der Waals surface area contributed by atoms with Gasteiger partial charge in [-0.15, -0.1) is 0 Å². The fraction of sp³-hybridized carbons (Fsp3) is 0.0833. The van der Waals surface area contributed by atoms with Crippen LogP contribution in [0.1, 0.15) is 28.9 Å². The quantitative estimate of drug-likeness (QED) is 0.485. The van der Waals surface area contributed by atoms with Crippen LogP contribution < -0.4 is 5.32 Å². The number of carbonyl (C=O) groups is 1. The van der Waals surface area contributed by atoms with Gasteiger partial charge < -0.3 is 5.32 Å². The minimum Gasteiger partial charge on any atom is -0.329 e. The second-order valence-electron chi connectivity index (χ2n) is 7.11. The summed E-state index contributed by atoms with van der Waals surface area (Å²) >= 11 is 0. The van der Waals surface area contributed by atoms with Gasteiger partial charge in [0.1, 0.15) is 5.82 Å². The van der Waals surface area contributed by atoms with Gasteiger partial charge in [-0.25, -0.2) is 9.37 Å². The van der Waals surface area contributed by atoms with E-state index in [1.165, 1.54) is 12.1 Å². The first-order chi connectivity index (χ1) is 14.1. The molecule has 5 heteroatoms. The smallest absolute Gasteiger partial charge is 0.209 e. The highest BCUT2D eigenvalue weighted by atomic mass is 19.1. The summed E-state index contributed by atoms with van der Waals surface area (Å²) < 4.78 is 16.1. The molecule has 29 heavy (non-hydrogen) atoms. The summed E-state index contributed by atoms with van der Waals surface area (Å²) in [5.74, 6) is 0.215. The fourth-order valence-corrected chi connectivity index (χ4v) is 4.00. The van der Waals surface area contributed by atoms with Crippen LogP contribution in [0.2, 0.25) is 0 Å². The number of nitrogens with zero attached hydrogens (tertiary/aromatic N) is 2. The van der Waals surface area contributed by atoms with E-state index in [1.807, 2.05) is 60.0 Å². The lowest BCUT2D eigenvalue weighted by molar-refractivity contribution is 0.102. The maximum atomic E-state index is 14.1. The van der Waals surface area contributed by atoms with Crippen molar-refractivity contribution in [3.63, 3.8) is 0 Å². The normalized spacial score (nSPS) is 15.9. The molecule has 1 aliphatic heterocycles. The summed E-state index contributed by atoms with van der Waals surface area (Å²) in [5.41, 5.74) is 4.30. The van der Waals surface area contributed by atoms with Crippen molar-refractivity contribution < 1.29 is 9.18 Å². The lowest BCUT2D eigenvalue weighted by atomic mass is 9.89. The number of nitrogens with one attached hydrogen (secondary N) is 1. The number of aromatic nitrogens is 2. The summed E-state index contributed by atoms with van der Waals surface area (Å²) in [6.07, 6.45) is 0. The molecule has 1 aliphatic rings. The maximum Gasteiger partial charge on any atom is 0.209 e. The number of hydrogen-bond donors (Lipinski definition) is 1. The molecular weight excluding hydrogens is 365 g/mol. The molecule has 0 spiro atoms. The zero-order valence-corrected chi connectivity index (χ0v) is 15.8. The Morgan fingerprint density at radius 1 is 1.00 bits per heavy atom. The Kier molecular flexibility index (Phi) is 4.02. The third-order valence-corrected chi connectivity index (χ3v) is 5.28. The second kappa shape index (κ2) is 6.71. The second-order valence-corrected chi connectivity index (χ2v) is 7.11. The Hall–Kier alpha value is -3.73. The minimum atomic E-state index is -0.484. The van der Waals surface area contributed by atoms with E-state index in [0.29, 0.717) is 22.6 Å². The fourth-order valence-electron chi connectivity index (χ4n) is 4.00. The zero-order chi connectivity index (χ0) is 20.0. The number of fused-ring (bicyclic) bond motifs is 3. The van der Waals surface area contributed by atoms with Gasteiger partial charge in [0.15, 0.2) is 5.78 Å². The van der Waals surface area contributed by atoms with Gasteiger partial charge in [0.25, 0.3) is 0 Å². The SMILES string of the molecule is CC1=C(C(=O)c2ccccc2)[C@H](c2cccc(F)c2)n2c(nc3ccccc32)N1. The predicted octanol–water partition coefficient (Wildman–Crippen LogP) is 5.35. The molecule has 3 aromatic carbocycles. The zero-order valence-electron chi connectivity index (χ0n) is 15.8. The van der Waals surface area contributed by atoms with Gasteiger partial charge in [0.2, 0.25) is 5.95 Å². The molecule has 2 heterocycles. The lowest BCUT2D eigenvalue weighted by Gasteiger charge is -2.30. The van der Waals surface area contributed by atoms with E-state index in [4.69, 9.17) is 0 Å². The number of Topliss-reactive ketones (excluding diaryl/α,β-unsaturated/α-hetero) is 1. The van der Waals surface area contributed by atoms with Crippen molar-refractivity contribution in [1.29, 1.82) is 0 Å². The van der Waals surface area contributed by atoms with Crippen molar-refractivity contribution in [2.75, 3.05) is 5.32 Å². The van der Waals surface area contributed by atoms with Crippen molar-refractivity contribution >= 4 is 22.8 Å². The molecule has 4 nitrogen and oxygen atoms in total. The number of rotatable bonds is 3. The van der Waals surface area contributed by atoms with Crippen LogP contribution in [-0.4, -0.2) is 15.3 Å². The summed E-state index contributed by atoms with van der Waals surface area (Å²) in [4.78, 5) is 18.2. The van der Waals surface area contributed by atoms with Gasteiger partial charge in [-0.2, -0.15) is 0 Å². The molecule has 0 fully saturated rings. The molecule has 0 radical (unpaired) electrons. The van der Waals surface area contributed by atoms with Gasteiger partial charge in [-0.1, -0.05) is 54.6 Å². The van der Waals surface area contributed by atoms with E-state index in [9.17, 15) is 9.18 Å². The molecule has 1 aromatic heterocycles. The summed E-state index contributed by atoms with van der Waals surface area (Å²) in [7, 11) is 0. The van der Waals surface area contributed by atoms with Crippen LogP contribution in [0.3, 0.4) is 0 Å². The van der Waals surface area contributed by atoms with Gasteiger partial charge in [0, 0.05) is 16.8 Å². The van der Waals surface area contributed by atoms with Crippen LogP contribution in [0, 0.1) is 5.82 Å². The van der Waals surface area contributed by atoms with Crippen LogP contribution >= 0.6 is 0 Å². The van der Waals surface area contributed by atoms with E-state index < -0.39 is 6.04 Å². The van der Waals surface area contributed by atoms with Crippen molar-refractivity contribution in [1.82, 2.24) is 9.55 Å². The average molecular weight is 383 g/mol. The van der Waals surface area contributed by atoms with Gasteiger partial charge in [0.05, 0.1) is 17.1 Å². The van der Waals surface area contributed by atoms with E-state index in [1.54, 1.807) is 18.2 Å². The van der Waals surface area contributed by atoms with Crippen LogP contribution in [-0.2, 0) is 0 Å². The molecule has 0 aliphatic carbocycles. The number of para-hydroxylation sites is 2. The number of halogens is 1. The van der Waals surface area contributed by atoms with E-state index in [2.05, 4.69) is 10.3 Å². The number of allylic oxidation sites excluding steroid dienone is 2. The molecule has 1 atom stereocenters. The summed E-state index contributed by atoms with van der Waals surface area (Å²) in [6, 6.07) is 22.8. The predicted molar refractivity (Wildman–Crippen MR) is 111 cm³/mol. The first-order valence-corrected chi connectivity index (χ1v) is 9.43. The molecule has 4 aromatic rings. The highest BCUT2D eigenvalue weighted by molar-refractivity contribution is 6.11. The third kappa shape index (κ3) is 2.83. The minimum absolute atomic E-state index is 0.0895. The number of hydrogen-bond acceptors (Lipinski definition) is 3. The first kappa shape index (κ1) is 17.4. The lowest BCUT2D eigenvalue weighted by Crippen LogP contribution is -2.28. The van der Waals surface area contributed by atoms with Gasteiger partial charge >= 0.3 is 0 Å². The maximum absolute atomic E-state index is 14.1. The third-order valence-electron chi connectivity index (χ3n) is 5.28. The highest BCUT2D eigenvalue weighted by Crippen LogP contribution is 2.40. The van der Waals surface area contributed by atoms with E-state index >= 15 is 0 Å². The number of benzene rings is 3. The molecule has 0 bridgehead atoms. The molecule has 5 rings (SSSR count). The van der Waals surface area contributed by atoms with Crippen LogP contribution in [0.4, 0.5) is 10.3 Å². The van der Waals surface area contributed by atoms with E-state index in [-0.39, 0.29) is 11.6 Å². The first-order valence-electron chi connectivity index (χ1n) is 9.43. The van der Waals surface area contributed by atoms with E-state index in [0.717, 1.165) is 16.7 Å². The largest absolute Gasteiger partial charge is 0.329 e. The van der Waals surface area contributed by atoms with Gasteiger partial charge in [-0.3, -0.25) is 9.36 Å². The van der Waals surface area contributed by atoms with Crippen LogP contribution in [0.5, 0.6) is 0 Å². The van der Waals surface area contributed by atoms with Crippen LogP contribution in [0.25, 0.3) is 11.0 Å². The molecule has 0 amide bonds. The topological polar surface area (TPSA) is 46.9 Å². The standard InChI is InChI=1S/C24H18FN3O/c1-15-21(23(29)16-8-3-2-4-9-16)22(17-10-7-11-18(25)14-17)28-20-13-6-5-12-19(20)27-24(28)26-15/h2-14,22H,1H3,(H,26,27)/t22-/m0/s1. The number of ketones is 1. The Labute approximate surface area is 167 Å². The molecular formula is C24H18FN3O. The number of anilines is 1. The summed E-state index contributed by atoms with van der Waals surface area (Å²) in [6.45, 7) is 1.87. The van der Waals surface area contributed by atoms with Crippen molar-refractivity contribution in [2.24, 2.45) is 0 Å². The number of imidazole rings is 1. The Morgan fingerprint density at radius 3 is 2.55 bits per heavy atom. The average Bonchev–Trinajstić information content (AvgIpc) is 3.10. The molecule has 0 saturated carbocycles. The monoisotopic (exact) mass is 383 g/mol. The Bertz CT molecular complexity index is 1270. The Balaban J connectivity index is 1.78. The molecule has 0 saturated heterocycles. The number of carbonyl (C=O) groups excluding carboxylic acids is 1. The molecule has 1 N–H and O–H groups in total. The molecule has 0 unspecified atom stereocenters. The van der Waals surface area contributed by atoms with Crippen molar-refractivity contribution in [3.05, 3.63) is 107 Å². The van der Waals surface area contributed by atoms with Crippen molar-refractivity contribution in [3.8, 4) is 0 Å². The highest BCUT2D eigenvalue weighted by Gasteiger charge is 2.34. The summed E-state index contributed by atoms with van der Waals surface area (Å²) in [5, 5.41) is 3.28. The van der Waals surface area contributed by atoms with Gasteiger partial charge in [-0.05, 0) is 36.8 Å². The molecule has 142 valence electrons.